The number of hydrogen-bond donors (Lipinski definition) is 1. The lowest BCUT2D eigenvalue weighted by atomic mass is 9.96. The molecule has 100 valence electrons. The van der Waals surface area contributed by atoms with Crippen molar-refractivity contribution in [2.45, 2.75) is 19.9 Å². The Labute approximate surface area is 113 Å². The van der Waals surface area contributed by atoms with Gasteiger partial charge in [-0.1, -0.05) is 24.3 Å². The molecule has 1 atom stereocenters. The van der Waals surface area contributed by atoms with Gasteiger partial charge in [0, 0.05) is 5.56 Å². The van der Waals surface area contributed by atoms with Gasteiger partial charge in [0.25, 0.3) is 0 Å². The zero-order valence-electron chi connectivity index (χ0n) is 11.4. The number of benzene rings is 2. The van der Waals surface area contributed by atoms with E-state index < -0.39 is 0 Å². The van der Waals surface area contributed by atoms with E-state index in [1.807, 2.05) is 25.1 Å². The van der Waals surface area contributed by atoms with Crippen LogP contribution in [0.5, 0.6) is 5.75 Å². The maximum Gasteiger partial charge on any atom is 0.126 e. The quantitative estimate of drug-likeness (QED) is 0.915. The van der Waals surface area contributed by atoms with Crippen LogP contribution >= 0.6 is 0 Å². The standard InChI is InChI=1S/C16H18FNO/c1-10-4-6-13(15(8-10)19-3)16(18)12-5-7-14(17)11(2)9-12/h4-9,16H,18H2,1-3H3. The molecule has 0 aliphatic carbocycles. The van der Waals surface area contributed by atoms with Crippen LogP contribution in [0.2, 0.25) is 0 Å². The molecule has 0 aliphatic rings. The lowest BCUT2D eigenvalue weighted by Gasteiger charge is -2.17. The van der Waals surface area contributed by atoms with E-state index >= 15 is 0 Å². The molecule has 0 fully saturated rings. The largest absolute Gasteiger partial charge is 0.496 e. The van der Waals surface area contributed by atoms with Gasteiger partial charge in [-0.05, 0) is 42.7 Å². The number of aryl methyl sites for hydroxylation is 2. The second-order valence-corrected chi connectivity index (χ2v) is 4.73. The van der Waals surface area contributed by atoms with Crippen molar-refractivity contribution in [3.63, 3.8) is 0 Å². The van der Waals surface area contributed by atoms with Gasteiger partial charge in [-0.25, -0.2) is 4.39 Å². The second-order valence-electron chi connectivity index (χ2n) is 4.73. The van der Waals surface area contributed by atoms with E-state index in [2.05, 4.69) is 0 Å². The number of halogens is 1. The van der Waals surface area contributed by atoms with Crippen molar-refractivity contribution in [2.24, 2.45) is 5.73 Å². The van der Waals surface area contributed by atoms with Crippen LogP contribution in [0.1, 0.15) is 28.3 Å². The van der Waals surface area contributed by atoms with Crippen molar-refractivity contribution in [2.75, 3.05) is 7.11 Å². The van der Waals surface area contributed by atoms with Gasteiger partial charge in [0.15, 0.2) is 0 Å². The molecular weight excluding hydrogens is 241 g/mol. The van der Waals surface area contributed by atoms with E-state index in [0.717, 1.165) is 22.4 Å². The van der Waals surface area contributed by atoms with Crippen molar-refractivity contribution >= 4 is 0 Å². The van der Waals surface area contributed by atoms with Crippen LogP contribution in [0.4, 0.5) is 4.39 Å². The number of ether oxygens (including phenoxy) is 1. The Balaban J connectivity index is 2.43. The highest BCUT2D eigenvalue weighted by molar-refractivity contribution is 5.44. The number of nitrogens with two attached hydrogens (primary N) is 1. The molecule has 19 heavy (non-hydrogen) atoms. The van der Waals surface area contributed by atoms with E-state index in [-0.39, 0.29) is 11.9 Å². The summed E-state index contributed by atoms with van der Waals surface area (Å²) in [5.41, 5.74) is 9.75. The summed E-state index contributed by atoms with van der Waals surface area (Å²) in [6.07, 6.45) is 0. The second kappa shape index (κ2) is 5.41. The summed E-state index contributed by atoms with van der Waals surface area (Å²) in [6.45, 7) is 3.73. The monoisotopic (exact) mass is 259 g/mol. The summed E-state index contributed by atoms with van der Waals surface area (Å²) in [4.78, 5) is 0. The first kappa shape index (κ1) is 13.6. The maximum absolute atomic E-state index is 13.3. The minimum atomic E-state index is -0.324. The van der Waals surface area contributed by atoms with Gasteiger partial charge in [0.1, 0.15) is 11.6 Å². The topological polar surface area (TPSA) is 35.2 Å². The van der Waals surface area contributed by atoms with Gasteiger partial charge in [-0.2, -0.15) is 0 Å². The zero-order chi connectivity index (χ0) is 14.0. The molecule has 2 rings (SSSR count). The Hall–Kier alpha value is -1.87. The molecule has 0 spiro atoms. The fourth-order valence-corrected chi connectivity index (χ4v) is 2.12. The van der Waals surface area contributed by atoms with E-state index in [1.165, 1.54) is 6.07 Å². The predicted octanol–water partition coefficient (Wildman–Crippen LogP) is 3.50. The molecular formula is C16H18FNO. The molecule has 0 saturated carbocycles. The smallest absolute Gasteiger partial charge is 0.126 e. The van der Waals surface area contributed by atoms with Gasteiger partial charge in [-0.3, -0.25) is 0 Å². The molecule has 1 unspecified atom stereocenters. The normalized spacial score (nSPS) is 12.3. The van der Waals surface area contributed by atoms with E-state index in [4.69, 9.17) is 10.5 Å². The van der Waals surface area contributed by atoms with Gasteiger partial charge < -0.3 is 10.5 Å². The Morgan fingerprint density at radius 2 is 1.84 bits per heavy atom. The zero-order valence-corrected chi connectivity index (χ0v) is 11.4. The van der Waals surface area contributed by atoms with Gasteiger partial charge >= 0.3 is 0 Å². The highest BCUT2D eigenvalue weighted by atomic mass is 19.1. The fourth-order valence-electron chi connectivity index (χ4n) is 2.12. The molecule has 0 amide bonds. The average Bonchev–Trinajstić information content (AvgIpc) is 2.41. The number of rotatable bonds is 3. The van der Waals surface area contributed by atoms with Gasteiger partial charge in [0.2, 0.25) is 0 Å². The summed E-state index contributed by atoms with van der Waals surface area (Å²) in [6, 6.07) is 10.5. The molecule has 2 aromatic carbocycles. The molecule has 0 saturated heterocycles. The van der Waals surface area contributed by atoms with Crippen LogP contribution < -0.4 is 10.5 Å². The Bertz CT molecular complexity index is 595. The fraction of sp³-hybridized carbons (Fsp3) is 0.250. The first-order valence-corrected chi connectivity index (χ1v) is 6.19. The van der Waals surface area contributed by atoms with Crippen LogP contribution in [-0.4, -0.2) is 7.11 Å². The molecule has 3 heteroatoms. The third-order valence-corrected chi connectivity index (χ3v) is 3.27. The van der Waals surface area contributed by atoms with Gasteiger partial charge in [-0.15, -0.1) is 0 Å². The van der Waals surface area contributed by atoms with Crippen molar-refractivity contribution < 1.29 is 9.13 Å². The first-order chi connectivity index (χ1) is 9.02. The van der Waals surface area contributed by atoms with E-state index in [1.54, 1.807) is 26.2 Å². The van der Waals surface area contributed by atoms with Crippen LogP contribution in [0.3, 0.4) is 0 Å². The highest BCUT2D eigenvalue weighted by Crippen LogP contribution is 2.29. The molecule has 0 radical (unpaired) electrons. The van der Waals surface area contributed by atoms with Crippen molar-refractivity contribution in [3.8, 4) is 5.75 Å². The number of hydrogen-bond acceptors (Lipinski definition) is 2. The summed E-state index contributed by atoms with van der Waals surface area (Å²) in [7, 11) is 1.63. The summed E-state index contributed by atoms with van der Waals surface area (Å²) >= 11 is 0. The van der Waals surface area contributed by atoms with Gasteiger partial charge in [0.05, 0.1) is 13.2 Å². The predicted molar refractivity (Wildman–Crippen MR) is 74.9 cm³/mol. The molecule has 2 N–H and O–H groups in total. The molecule has 2 aromatic rings. The first-order valence-electron chi connectivity index (χ1n) is 6.19. The molecule has 0 heterocycles. The van der Waals surface area contributed by atoms with Crippen molar-refractivity contribution in [1.29, 1.82) is 0 Å². The SMILES string of the molecule is COc1cc(C)ccc1C(N)c1ccc(F)c(C)c1. The summed E-state index contributed by atoms with van der Waals surface area (Å²) < 4.78 is 18.7. The maximum atomic E-state index is 13.3. The molecule has 0 aromatic heterocycles. The summed E-state index contributed by atoms with van der Waals surface area (Å²) in [5.74, 6) is 0.543. The molecule has 0 aliphatic heterocycles. The molecule has 2 nitrogen and oxygen atoms in total. The lowest BCUT2D eigenvalue weighted by Crippen LogP contribution is -2.13. The van der Waals surface area contributed by atoms with E-state index in [9.17, 15) is 4.39 Å². The van der Waals surface area contributed by atoms with Crippen LogP contribution in [0.15, 0.2) is 36.4 Å². The van der Waals surface area contributed by atoms with Crippen LogP contribution in [-0.2, 0) is 0 Å². The van der Waals surface area contributed by atoms with Crippen LogP contribution in [0.25, 0.3) is 0 Å². The summed E-state index contributed by atoms with van der Waals surface area (Å²) in [5, 5.41) is 0. The average molecular weight is 259 g/mol. The van der Waals surface area contributed by atoms with Crippen LogP contribution in [0, 0.1) is 19.7 Å². The van der Waals surface area contributed by atoms with Crippen molar-refractivity contribution in [1.82, 2.24) is 0 Å². The third-order valence-electron chi connectivity index (χ3n) is 3.27. The Kier molecular flexibility index (Phi) is 3.86. The molecule has 0 bridgehead atoms. The highest BCUT2D eigenvalue weighted by Gasteiger charge is 2.15. The minimum Gasteiger partial charge on any atom is -0.496 e. The van der Waals surface area contributed by atoms with E-state index in [0.29, 0.717) is 5.56 Å². The third kappa shape index (κ3) is 2.76. The minimum absolute atomic E-state index is 0.216. The Morgan fingerprint density at radius 1 is 1.11 bits per heavy atom. The Morgan fingerprint density at radius 3 is 2.47 bits per heavy atom. The van der Waals surface area contributed by atoms with Crippen molar-refractivity contribution in [3.05, 3.63) is 64.5 Å². The number of methoxy groups -OCH3 is 1. The lowest BCUT2D eigenvalue weighted by molar-refractivity contribution is 0.407.